The second kappa shape index (κ2) is 8.29. The number of Topliss-reactive ketones (excluding diaryl/α,β-unsaturated/α-hetero) is 1. The number of rotatable bonds is 8. The summed E-state index contributed by atoms with van der Waals surface area (Å²) in [5.74, 6) is -0.443. The zero-order valence-electron chi connectivity index (χ0n) is 11.3. The highest BCUT2D eigenvalue weighted by atomic mass is 16.5. The molecule has 110 valence electrons. The van der Waals surface area contributed by atoms with Gasteiger partial charge in [0.1, 0.15) is 6.10 Å². The summed E-state index contributed by atoms with van der Waals surface area (Å²) in [6, 6.07) is 8.20. The molecule has 1 rings (SSSR count). The number of hydrogen-bond donors (Lipinski definition) is 3. The van der Waals surface area contributed by atoms with E-state index in [1.54, 1.807) is 0 Å². The van der Waals surface area contributed by atoms with Crippen molar-refractivity contribution in [2.75, 3.05) is 13.7 Å². The lowest BCUT2D eigenvalue weighted by atomic mass is 9.97. The van der Waals surface area contributed by atoms with Crippen LogP contribution in [0.15, 0.2) is 30.3 Å². The second-order valence-corrected chi connectivity index (χ2v) is 4.40. The summed E-state index contributed by atoms with van der Waals surface area (Å²) in [5, 5.41) is 21.0. The Morgan fingerprint density at radius 2 is 1.95 bits per heavy atom. The Balaban J connectivity index is 2.72. The first-order valence-electron chi connectivity index (χ1n) is 6.27. The molecule has 0 saturated carbocycles. The van der Waals surface area contributed by atoms with Crippen LogP contribution in [0.2, 0.25) is 0 Å². The first-order chi connectivity index (χ1) is 9.54. The van der Waals surface area contributed by atoms with Gasteiger partial charge >= 0.3 is 6.09 Å². The zero-order valence-corrected chi connectivity index (χ0v) is 11.3. The van der Waals surface area contributed by atoms with E-state index in [-0.39, 0.29) is 19.4 Å². The summed E-state index contributed by atoms with van der Waals surface area (Å²) >= 11 is 0. The molecule has 0 aliphatic heterocycles. The van der Waals surface area contributed by atoms with E-state index in [1.807, 2.05) is 30.3 Å². The first kappa shape index (κ1) is 16.1. The Labute approximate surface area is 117 Å². The van der Waals surface area contributed by atoms with E-state index in [4.69, 9.17) is 9.84 Å². The van der Waals surface area contributed by atoms with Crippen LogP contribution in [-0.2, 0) is 16.0 Å². The number of ether oxygens (including phenoxy) is 1. The van der Waals surface area contributed by atoms with Crippen LogP contribution >= 0.6 is 0 Å². The fourth-order valence-electron chi connectivity index (χ4n) is 1.84. The van der Waals surface area contributed by atoms with E-state index in [1.165, 1.54) is 7.11 Å². The molecule has 1 aromatic rings. The largest absolute Gasteiger partial charge is 0.465 e. The minimum Gasteiger partial charge on any atom is -0.465 e. The Morgan fingerprint density at radius 3 is 2.50 bits per heavy atom. The van der Waals surface area contributed by atoms with Gasteiger partial charge in [-0.3, -0.25) is 4.79 Å². The summed E-state index contributed by atoms with van der Waals surface area (Å²) in [6.45, 7) is 0.195. The normalized spacial score (nSPS) is 13.5. The summed E-state index contributed by atoms with van der Waals surface area (Å²) in [5.41, 5.74) is 0.838. The van der Waals surface area contributed by atoms with Crippen molar-refractivity contribution in [3.05, 3.63) is 35.9 Å². The number of hydrogen-bond acceptors (Lipinski definition) is 4. The monoisotopic (exact) mass is 281 g/mol. The summed E-state index contributed by atoms with van der Waals surface area (Å²) in [7, 11) is 1.45. The number of aliphatic hydroxyl groups excluding tert-OH is 1. The molecule has 0 radical (unpaired) electrons. The highest BCUT2D eigenvalue weighted by Crippen LogP contribution is 2.08. The Kier molecular flexibility index (Phi) is 6.69. The van der Waals surface area contributed by atoms with Crippen LogP contribution in [0.1, 0.15) is 12.0 Å². The number of methoxy groups -OCH3 is 1. The highest BCUT2D eigenvalue weighted by Gasteiger charge is 2.27. The molecule has 6 heteroatoms. The number of carboxylic acid groups (broad SMARTS) is 1. The zero-order chi connectivity index (χ0) is 15.0. The van der Waals surface area contributed by atoms with Gasteiger partial charge in [-0.05, 0) is 12.0 Å². The second-order valence-electron chi connectivity index (χ2n) is 4.40. The van der Waals surface area contributed by atoms with Crippen LogP contribution in [0.25, 0.3) is 0 Å². The lowest BCUT2D eigenvalue weighted by Crippen LogP contribution is -2.48. The smallest absolute Gasteiger partial charge is 0.404 e. The number of carbonyl (C=O) groups is 2. The molecule has 0 aliphatic rings. The lowest BCUT2D eigenvalue weighted by molar-refractivity contribution is -0.129. The van der Waals surface area contributed by atoms with Gasteiger partial charge in [0.25, 0.3) is 0 Å². The number of amides is 1. The minimum atomic E-state index is -1.39. The van der Waals surface area contributed by atoms with E-state index in [9.17, 15) is 14.7 Å². The van der Waals surface area contributed by atoms with Gasteiger partial charge in [-0.25, -0.2) is 4.79 Å². The van der Waals surface area contributed by atoms with E-state index in [2.05, 4.69) is 5.32 Å². The molecule has 0 fully saturated rings. The average molecular weight is 281 g/mol. The van der Waals surface area contributed by atoms with Crippen LogP contribution in [-0.4, -0.2) is 48.0 Å². The quantitative estimate of drug-likeness (QED) is 0.656. The Bertz CT molecular complexity index is 434. The van der Waals surface area contributed by atoms with Gasteiger partial charge in [0.2, 0.25) is 0 Å². The molecule has 0 bridgehead atoms. The number of aliphatic hydroxyl groups is 1. The van der Waals surface area contributed by atoms with Crippen molar-refractivity contribution in [2.24, 2.45) is 0 Å². The van der Waals surface area contributed by atoms with Crippen LogP contribution in [0.5, 0.6) is 0 Å². The number of carbonyl (C=O) groups excluding carboxylic acids is 1. The third-order valence-electron chi connectivity index (χ3n) is 2.87. The van der Waals surface area contributed by atoms with Crippen molar-refractivity contribution in [2.45, 2.75) is 25.0 Å². The summed E-state index contributed by atoms with van der Waals surface area (Å²) in [4.78, 5) is 22.5. The van der Waals surface area contributed by atoms with Gasteiger partial charge in [0, 0.05) is 13.5 Å². The summed E-state index contributed by atoms with van der Waals surface area (Å²) < 4.78 is 4.77. The van der Waals surface area contributed by atoms with Crippen LogP contribution in [0, 0.1) is 0 Å². The maximum Gasteiger partial charge on any atom is 0.404 e. The SMILES string of the molecule is COCCC(=O)C(O)[C@H](Cc1ccccc1)NC(=O)O. The minimum absolute atomic E-state index is 0.0459. The van der Waals surface area contributed by atoms with Crippen molar-refractivity contribution >= 4 is 11.9 Å². The molecule has 1 amide bonds. The highest BCUT2D eigenvalue weighted by molar-refractivity contribution is 5.84. The fourth-order valence-corrected chi connectivity index (χ4v) is 1.84. The molecular formula is C14H19NO5. The predicted octanol–water partition coefficient (Wildman–Crippen LogP) is 0.832. The first-order valence-corrected chi connectivity index (χ1v) is 6.27. The van der Waals surface area contributed by atoms with Crippen LogP contribution in [0.3, 0.4) is 0 Å². The molecule has 20 heavy (non-hydrogen) atoms. The molecule has 3 N–H and O–H groups in total. The fraction of sp³-hybridized carbons (Fsp3) is 0.429. The molecule has 2 atom stereocenters. The van der Waals surface area contributed by atoms with Gasteiger partial charge in [0.15, 0.2) is 5.78 Å². The molecule has 0 saturated heterocycles. The van der Waals surface area contributed by atoms with Gasteiger partial charge in [0.05, 0.1) is 12.6 Å². The van der Waals surface area contributed by atoms with Gasteiger partial charge in [-0.1, -0.05) is 30.3 Å². The van der Waals surface area contributed by atoms with Crippen molar-refractivity contribution in [1.29, 1.82) is 0 Å². The molecule has 0 aliphatic carbocycles. The van der Waals surface area contributed by atoms with Crippen molar-refractivity contribution in [3.8, 4) is 0 Å². The lowest BCUT2D eigenvalue weighted by Gasteiger charge is -2.22. The molecule has 0 heterocycles. The van der Waals surface area contributed by atoms with Crippen molar-refractivity contribution in [3.63, 3.8) is 0 Å². The van der Waals surface area contributed by atoms with E-state index in [0.29, 0.717) is 0 Å². The number of ketones is 1. The topological polar surface area (TPSA) is 95.9 Å². The Hall–Kier alpha value is -1.92. The number of nitrogens with one attached hydrogen (secondary N) is 1. The standard InChI is InChI=1S/C14H19NO5/c1-20-8-7-12(16)13(17)11(15-14(18)19)9-10-5-3-2-4-6-10/h2-6,11,13,15,17H,7-9H2,1H3,(H,18,19)/t11-,13?/m0/s1. The van der Waals surface area contributed by atoms with Gasteiger partial charge in [-0.15, -0.1) is 0 Å². The van der Waals surface area contributed by atoms with E-state index >= 15 is 0 Å². The molecule has 1 aromatic carbocycles. The van der Waals surface area contributed by atoms with E-state index in [0.717, 1.165) is 5.56 Å². The van der Waals surface area contributed by atoms with Crippen LogP contribution < -0.4 is 5.32 Å². The molecular weight excluding hydrogens is 262 g/mol. The predicted molar refractivity (Wildman–Crippen MR) is 72.6 cm³/mol. The third-order valence-corrected chi connectivity index (χ3v) is 2.87. The molecule has 0 spiro atoms. The summed E-state index contributed by atoms with van der Waals surface area (Å²) in [6.07, 6.45) is -2.37. The third kappa shape index (κ3) is 5.38. The van der Waals surface area contributed by atoms with Crippen molar-refractivity contribution < 1.29 is 24.5 Å². The molecule has 0 aromatic heterocycles. The van der Waals surface area contributed by atoms with Gasteiger partial charge in [-0.2, -0.15) is 0 Å². The molecule has 6 nitrogen and oxygen atoms in total. The van der Waals surface area contributed by atoms with Crippen molar-refractivity contribution in [1.82, 2.24) is 5.32 Å². The molecule has 1 unspecified atom stereocenters. The maximum atomic E-state index is 11.8. The number of benzene rings is 1. The average Bonchev–Trinajstić information content (AvgIpc) is 2.44. The maximum absolute atomic E-state index is 11.8. The van der Waals surface area contributed by atoms with Gasteiger partial charge < -0.3 is 20.3 Å². The van der Waals surface area contributed by atoms with E-state index < -0.39 is 24.0 Å². The van der Waals surface area contributed by atoms with Crippen LogP contribution in [0.4, 0.5) is 4.79 Å². The Morgan fingerprint density at radius 1 is 1.30 bits per heavy atom.